The number of aromatic amines is 1. The number of hydrogen-bond donors (Lipinski definition) is 3. The molecule has 0 fully saturated rings. The summed E-state index contributed by atoms with van der Waals surface area (Å²) in [6.07, 6.45) is 0. The largest absolute Gasteiger partial charge is 0.384 e. The minimum Gasteiger partial charge on any atom is -0.384 e. The lowest BCUT2D eigenvalue weighted by Crippen LogP contribution is -2.11. The maximum atomic E-state index is 7.48. The first-order valence-electron chi connectivity index (χ1n) is 6.31. The zero-order valence-electron chi connectivity index (χ0n) is 11.3. The summed E-state index contributed by atoms with van der Waals surface area (Å²) in [6, 6.07) is 11.9. The molecule has 0 aliphatic carbocycles. The van der Waals surface area contributed by atoms with Crippen LogP contribution in [0.3, 0.4) is 0 Å². The number of nitrogen functional groups attached to an aromatic ring is 1. The first-order chi connectivity index (χ1) is 10.0. The van der Waals surface area contributed by atoms with Gasteiger partial charge in [-0.25, -0.2) is 4.98 Å². The van der Waals surface area contributed by atoms with Gasteiger partial charge in [0.05, 0.1) is 11.0 Å². The van der Waals surface area contributed by atoms with Crippen molar-refractivity contribution in [2.24, 2.45) is 5.73 Å². The van der Waals surface area contributed by atoms with E-state index < -0.39 is 0 Å². The summed E-state index contributed by atoms with van der Waals surface area (Å²) in [6.45, 7) is 2.06. The molecule has 4 nitrogen and oxygen atoms in total. The fourth-order valence-electron chi connectivity index (χ4n) is 2.04. The zero-order valence-corrected chi connectivity index (χ0v) is 13.7. The average Bonchev–Trinajstić information content (AvgIpc) is 2.79. The fraction of sp³-hybridized carbons (Fsp3) is 0.0667. The lowest BCUT2D eigenvalue weighted by molar-refractivity contribution is 1.08. The molecule has 0 unspecified atom stereocenters. The number of hydrogen-bond acceptors (Lipinski definition) is 3. The number of nitrogens with zero attached hydrogens (tertiary/aromatic N) is 1. The van der Waals surface area contributed by atoms with Crippen LogP contribution >= 0.6 is 27.7 Å². The van der Waals surface area contributed by atoms with E-state index in [1.807, 2.05) is 24.3 Å². The molecular weight excluding hydrogens is 348 g/mol. The summed E-state index contributed by atoms with van der Waals surface area (Å²) < 4.78 is 0.812. The number of aryl methyl sites for hydroxylation is 1. The zero-order chi connectivity index (χ0) is 15.0. The lowest BCUT2D eigenvalue weighted by atomic mass is 10.2. The van der Waals surface area contributed by atoms with Crippen molar-refractivity contribution >= 4 is 44.6 Å². The topological polar surface area (TPSA) is 78.6 Å². The minimum absolute atomic E-state index is 0.0534. The molecule has 0 saturated carbocycles. The highest BCUT2D eigenvalue weighted by Crippen LogP contribution is 2.30. The van der Waals surface area contributed by atoms with Gasteiger partial charge in [0.25, 0.3) is 0 Å². The Morgan fingerprint density at radius 3 is 2.81 bits per heavy atom. The molecule has 0 amide bonds. The molecular formula is C15H13BrN4S. The van der Waals surface area contributed by atoms with Crippen molar-refractivity contribution in [1.29, 1.82) is 5.41 Å². The van der Waals surface area contributed by atoms with Crippen molar-refractivity contribution in [2.75, 3.05) is 0 Å². The van der Waals surface area contributed by atoms with E-state index in [0.717, 1.165) is 25.6 Å². The quantitative estimate of drug-likeness (QED) is 0.486. The number of amidine groups is 1. The number of benzene rings is 2. The Morgan fingerprint density at radius 1 is 1.29 bits per heavy atom. The highest BCUT2D eigenvalue weighted by molar-refractivity contribution is 9.10. The van der Waals surface area contributed by atoms with Crippen molar-refractivity contribution in [3.05, 3.63) is 52.0 Å². The van der Waals surface area contributed by atoms with Crippen LogP contribution in [0.25, 0.3) is 11.0 Å². The van der Waals surface area contributed by atoms with Crippen molar-refractivity contribution in [1.82, 2.24) is 9.97 Å². The van der Waals surface area contributed by atoms with Crippen molar-refractivity contribution in [2.45, 2.75) is 17.0 Å². The van der Waals surface area contributed by atoms with E-state index in [9.17, 15) is 0 Å². The predicted octanol–water partition coefficient (Wildman–Crippen LogP) is 4.07. The molecule has 1 aromatic heterocycles. The van der Waals surface area contributed by atoms with Crippen LogP contribution in [0.1, 0.15) is 11.1 Å². The Bertz CT molecular complexity index is 841. The predicted molar refractivity (Wildman–Crippen MR) is 90.1 cm³/mol. The minimum atomic E-state index is 0.0534. The van der Waals surface area contributed by atoms with E-state index in [2.05, 4.69) is 45.0 Å². The van der Waals surface area contributed by atoms with E-state index in [1.54, 1.807) is 11.8 Å². The summed E-state index contributed by atoms with van der Waals surface area (Å²) in [5.74, 6) is 0.0534. The highest BCUT2D eigenvalue weighted by Gasteiger charge is 2.08. The Hall–Kier alpha value is -1.79. The van der Waals surface area contributed by atoms with E-state index in [1.165, 1.54) is 5.56 Å². The first kappa shape index (κ1) is 14.2. The van der Waals surface area contributed by atoms with Gasteiger partial charge in [-0.05, 0) is 58.7 Å². The van der Waals surface area contributed by atoms with E-state index >= 15 is 0 Å². The molecule has 3 rings (SSSR count). The third kappa shape index (κ3) is 2.96. The third-order valence-electron chi connectivity index (χ3n) is 3.06. The van der Waals surface area contributed by atoms with Gasteiger partial charge in [-0.1, -0.05) is 17.8 Å². The average molecular weight is 361 g/mol. The van der Waals surface area contributed by atoms with Crippen LogP contribution in [0, 0.1) is 12.3 Å². The first-order valence-corrected chi connectivity index (χ1v) is 7.92. The van der Waals surface area contributed by atoms with Crippen molar-refractivity contribution < 1.29 is 0 Å². The van der Waals surface area contributed by atoms with Crippen molar-refractivity contribution in [3.63, 3.8) is 0 Å². The van der Waals surface area contributed by atoms with Crippen LogP contribution < -0.4 is 5.73 Å². The summed E-state index contributed by atoms with van der Waals surface area (Å²) in [5, 5.41) is 8.33. The van der Waals surface area contributed by atoms with Crippen molar-refractivity contribution in [3.8, 4) is 0 Å². The highest BCUT2D eigenvalue weighted by atomic mass is 79.9. The maximum absolute atomic E-state index is 7.48. The Morgan fingerprint density at radius 2 is 2.10 bits per heavy atom. The molecule has 106 valence electrons. The van der Waals surface area contributed by atoms with Crippen LogP contribution in [0.15, 0.2) is 50.9 Å². The van der Waals surface area contributed by atoms with Gasteiger partial charge < -0.3 is 10.7 Å². The number of H-pyrrole nitrogens is 1. The maximum Gasteiger partial charge on any atom is 0.171 e. The van der Waals surface area contributed by atoms with Crippen LogP contribution in [0.5, 0.6) is 0 Å². The SMILES string of the molecule is Cc1ccc2nc(Sc3ccc(C(=N)N)c(Br)c3)[nH]c2c1. The van der Waals surface area contributed by atoms with Gasteiger partial charge in [-0.15, -0.1) is 0 Å². The Kier molecular flexibility index (Phi) is 3.73. The van der Waals surface area contributed by atoms with Crippen LogP contribution in [0.2, 0.25) is 0 Å². The number of rotatable bonds is 3. The molecule has 4 N–H and O–H groups in total. The van der Waals surface area contributed by atoms with Gasteiger partial charge in [0.2, 0.25) is 0 Å². The molecule has 0 atom stereocenters. The van der Waals surface area contributed by atoms with Crippen LogP contribution in [-0.4, -0.2) is 15.8 Å². The summed E-state index contributed by atoms with van der Waals surface area (Å²) in [7, 11) is 0. The molecule has 0 bridgehead atoms. The van der Waals surface area contributed by atoms with Crippen LogP contribution in [0.4, 0.5) is 0 Å². The van der Waals surface area contributed by atoms with E-state index in [-0.39, 0.29) is 5.84 Å². The third-order valence-corrected chi connectivity index (χ3v) is 4.59. The van der Waals surface area contributed by atoms with E-state index in [0.29, 0.717) is 5.56 Å². The van der Waals surface area contributed by atoms with Gasteiger partial charge in [-0.2, -0.15) is 0 Å². The monoisotopic (exact) mass is 360 g/mol. The molecule has 2 aromatic carbocycles. The molecule has 0 saturated heterocycles. The van der Waals surface area contributed by atoms with Crippen LogP contribution in [-0.2, 0) is 0 Å². The molecule has 3 aromatic rings. The number of imidazole rings is 1. The molecule has 21 heavy (non-hydrogen) atoms. The normalized spacial score (nSPS) is 11.0. The van der Waals surface area contributed by atoms with Gasteiger partial charge in [0, 0.05) is 14.9 Å². The molecule has 0 aliphatic heterocycles. The smallest absolute Gasteiger partial charge is 0.171 e. The summed E-state index contributed by atoms with van der Waals surface area (Å²) in [4.78, 5) is 8.90. The number of fused-ring (bicyclic) bond motifs is 1. The second-order valence-electron chi connectivity index (χ2n) is 4.72. The number of halogens is 1. The molecule has 0 aliphatic rings. The van der Waals surface area contributed by atoms with Gasteiger partial charge in [0.15, 0.2) is 5.16 Å². The molecule has 0 spiro atoms. The number of aromatic nitrogens is 2. The fourth-order valence-corrected chi connectivity index (χ4v) is 3.62. The van der Waals surface area contributed by atoms with Gasteiger partial charge >= 0.3 is 0 Å². The summed E-state index contributed by atoms with van der Waals surface area (Å²) >= 11 is 4.99. The number of nitrogens with one attached hydrogen (secondary N) is 2. The second-order valence-corrected chi connectivity index (χ2v) is 6.64. The Labute approximate surface area is 134 Å². The lowest BCUT2D eigenvalue weighted by Gasteiger charge is -2.04. The molecule has 1 heterocycles. The summed E-state index contributed by atoms with van der Waals surface area (Å²) in [5.41, 5.74) is 9.41. The standard InChI is InChI=1S/C15H13BrN4S/c1-8-2-5-12-13(6-8)20-15(19-12)21-9-3-4-10(14(17)18)11(16)7-9/h2-7H,1H3,(H3,17,18)(H,19,20). The van der Waals surface area contributed by atoms with Gasteiger partial charge in [-0.3, -0.25) is 5.41 Å². The molecule has 6 heteroatoms. The van der Waals surface area contributed by atoms with Gasteiger partial charge in [0.1, 0.15) is 5.84 Å². The number of nitrogens with two attached hydrogens (primary N) is 1. The Balaban J connectivity index is 1.91. The second kappa shape index (κ2) is 5.54. The van der Waals surface area contributed by atoms with E-state index in [4.69, 9.17) is 11.1 Å². The molecule has 0 radical (unpaired) electrons.